The van der Waals surface area contributed by atoms with Crippen molar-refractivity contribution in [1.82, 2.24) is 15.5 Å². The predicted molar refractivity (Wildman–Crippen MR) is 125 cm³/mol. The molecule has 2 heterocycles. The molecule has 2 aromatic heterocycles. The van der Waals surface area contributed by atoms with Crippen LogP contribution in [0.15, 0.2) is 70.3 Å². The van der Waals surface area contributed by atoms with E-state index in [1.165, 1.54) is 12.1 Å². The largest absolute Gasteiger partial charge is 0.472 e. The number of amides is 2. The molecule has 1 aromatic carbocycles. The second-order valence-corrected chi connectivity index (χ2v) is 8.96. The molecule has 1 aliphatic carbocycles. The van der Waals surface area contributed by atoms with Crippen molar-refractivity contribution in [3.05, 3.63) is 83.7 Å². The molecule has 192 valence electrons. The predicted octanol–water partition coefficient (Wildman–Crippen LogP) is 4.75. The first-order valence-corrected chi connectivity index (χ1v) is 11.8. The Kier molecular flexibility index (Phi) is 8.14. The first-order chi connectivity index (χ1) is 17.3. The molecule has 1 saturated carbocycles. The van der Waals surface area contributed by atoms with Gasteiger partial charge in [-0.15, -0.1) is 0 Å². The fraction of sp³-hybridized carbons (Fsp3) is 0.385. The Hall–Kier alpha value is -3.53. The molecule has 0 bridgehead atoms. The Morgan fingerprint density at radius 3 is 2.25 bits per heavy atom. The van der Waals surface area contributed by atoms with Gasteiger partial charge < -0.3 is 19.5 Å². The van der Waals surface area contributed by atoms with Gasteiger partial charge in [0.15, 0.2) is 0 Å². The number of alkyl halides is 3. The Balaban J connectivity index is 1.38. The van der Waals surface area contributed by atoms with E-state index in [0.29, 0.717) is 13.1 Å². The van der Waals surface area contributed by atoms with E-state index in [-0.39, 0.29) is 24.2 Å². The summed E-state index contributed by atoms with van der Waals surface area (Å²) in [7, 11) is 0. The van der Waals surface area contributed by atoms with Gasteiger partial charge in [0, 0.05) is 41.9 Å². The van der Waals surface area contributed by atoms with Crippen LogP contribution in [0.5, 0.6) is 0 Å². The Morgan fingerprint density at radius 1 is 0.972 bits per heavy atom. The molecule has 0 unspecified atom stereocenters. The van der Waals surface area contributed by atoms with Crippen molar-refractivity contribution in [2.24, 2.45) is 0 Å². The lowest BCUT2D eigenvalue weighted by molar-refractivity contribution is -0.137. The van der Waals surface area contributed by atoms with Crippen LogP contribution in [0.3, 0.4) is 0 Å². The molecule has 0 saturated heterocycles. The Bertz CT molecular complexity index is 1090. The summed E-state index contributed by atoms with van der Waals surface area (Å²) in [5, 5.41) is 5.46. The summed E-state index contributed by atoms with van der Waals surface area (Å²) in [6, 6.07) is 7.83. The van der Waals surface area contributed by atoms with Crippen molar-refractivity contribution in [2.45, 2.75) is 57.0 Å². The van der Waals surface area contributed by atoms with Crippen molar-refractivity contribution in [3.63, 3.8) is 0 Å². The molecule has 0 radical (unpaired) electrons. The zero-order valence-corrected chi connectivity index (χ0v) is 19.6. The summed E-state index contributed by atoms with van der Waals surface area (Å²) in [5.41, 5.74) is 0.963. The van der Waals surface area contributed by atoms with Gasteiger partial charge in [0.25, 0.3) is 5.91 Å². The van der Waals surface area contributed by atoms with Gasteiger partial charge in [-0.3, -0.25) is 14.5 Å². The lowest BCUT2D eigenvalue weighted by atomic mass is 9.88. The molecule has 0 aliphatic heterocycles. The molecule has 10 heteroatoms. The second kappa shape index (κ2) is 11.5. The number of nitrogens with one attached hydrogen (secondary N) is 2. The van der Waals surface area contributed by atoms with E-state index in [9.17, 15) is 22.8 Å². The fourth-order valence-electron chi connectivity index (χ4n) is 4.60. The topological polar surface area (TPSA) is 87.7 Å². The van der Waals surface area contributed by atoms with Crippen LogP contribution in [0, 0.1) is 0 Å². The molecule has 0 spiro atoms. The van der Waals surface area contributed by atoms with Crippen LogP contribution < -0.4 is 10.6 Å². The first kappa shape index (κ1) is 25.6. The molecule has 36 heavy (non-hydrogen) atoms. The van der Waals surface area contributed by atoms with Crippen LogP contribution >= 0.6 is 0 Å². The van der Waals surface area contributed by atoms with Gasteiger partial charge in [-0.1, -0.05) is 18.9 Å². The summed E-state index contributed by atoms with van der Waals surface area (Å²) >= 11 is 0. The highest BCUT2D eigenvalue weighted by molar-refractivity contribution is 5.96. The highest BCUT2D eigenvalue weighted by Crippen LogP contribution is 2.29. The number of rotatable bonds is 9. The van der Waals surface area contributed by atoms with E-state index >= 15 is 0 Å². The lowest BCUT2D eigenvalue weighted by Gasteiger charge is -2.40. The van der Waals surface area contributed by atoms with Crippen molar-refractivity contribution < 1.29 is 31.6 Å². The molecule has 7 nitrogen and oxygen atoms in total. The third-order valence-corrected chi connectivity index (χ3v) is 6.34. The molecule has 3 aromatic rings. The number of carbonyl (C=O) groups is 2. The van der Waals surface area contributed by atoms with E-state index in [1.54, 1.807) is 25.1 Å². The molecule has 2 N–H and O–H groups in total. The Labute approximate surface area is 206 Å². The van der Waals surface area contributed by atoms with Gasteiger partial charge in [0.05, 0.1) is 37.2 Å². The lowest BCUT2D eigenvalue weighted by Crippen LogP contribution is -2.54. The van der Waals surface area contributed by atoms with Gasteiger partial charge in [0.1, 0.15) is 0 Å². The minimum absolute atomic E-state index is 0.0478. The molecule has 1 fully saturated rings. The van der Waals surface area contributed by atoms with Crippen LogP contribution in [0.4, 0.5) is 13.2 Å². The summed E-state index contributed by atoms with van der Waals surface area (Å²) in [6.07, 6.45) is 5.74. The molecule has 2 amide bonds. The number of hydrogen-bond donors (Lipinski definition) is 2. The number of furan rings is 2. The highest BCUT2D eigenvalue weighted by atomic mass is 19.4. The number of nitrogens with zero attached hydrogens (tertiary/aromatic N) is 1. The van der Waals surface area contributed by atoms with Crippen molar-refractivity contribution in [2.75, 3.05) is 6.54 Å². The zero-order valence-electron chi connectivity index (χ0n) is 19.6. The van der Waals surface area contributed by atoms with Gasteiger partial charge in [-0.25, -0.2) is 0 Å². The van der Waals surface area contributed by atoms with Crippen LogP contribution in [-0.4, -0.2) is 35.3 Å². The summed E-state index contributed by atoms with van der Waals surface area (Å²) in [5.74, 6) is -1.13. The third kappa shape index (κ3) is 6.78. The van der Waals surface area contributed by atoms with E-state index in [1.807, 2.05) is 12.1 Å². The molecule has 2 atom stereocenters. The average Bonchev–Trinajstić information content (AvgIpc) is 3.57. The van der Waals surface area contributed by atoms with E-state index in [4.69, 9.17) is 8.83 Å². The minimum atomic E-state index is -4.55. The van der Waals surface area contributed by atoms with E-state index in [2.05, 4.69) is 15.5 Å². The molecular weight excluding hydrogens is 475 g/mol. The number of benzene rings is 1. The highest BCUT2D eigenvalue weighted by Gasteiger charge is 2.32. The second-order valence-electron chi connectivity index (χ2n) is 8.96. The average molecular weight is 504 g/mol. The molecule has 4 rings (SSSR count). The fourth-order valence-corrected chi connectivity index (χ4v) is 4.60. The van der Waals surface area contributed by atoms with Crippen LogP contribution in [0.25, 0.3) is 0 Å². The summed E-state index contributed by atoms with van der Waals surface area (Å²) in [4.78, 5) is 27.4. The standard InChI is InChI=1S/C26H28F3N3O4/c27-26(28,29)21-5-3-4-20(12-21)25(34)30-13-24(33)31-22-6-1-2-7-23(22)32(14-18-8-10-35-16-18)15-19-9-11-36-17-19/h3-5,8-12,16-17,22-23H,1-2,6-7,13-15H2,(H,30,34)(H,31,33)/t22-,23-/m0/s1. The maximum Gasteiger partial charge on any atom is 0.416 e. The number of carbonyl (C=O) groups excluding carboxylic acids is 2. The number of halogens is 3. The monoisotopic (exact) mass is 503 g/mol. The third-order valence-electron chi connectivity index (χ3n) is 6.34. The quantitative estimate of drug-likeness (QED) is 0.440. The van der Waals surface area contributed by atoms with E-state index in [0.717, 1.165) is 48.9 Å². The van der Waals surface area contributed by atoms with Crippen molar-refractivity contribution >= 4 is 11.8 Å². The van der Waals surface area contributed by atoms with Crippen LogP contribution in [0.1, 0.15) is 52.7 Å². The van der Waals surface area contributed by atoms with Crippen LogP contribution in [-0.2, 0) is 24.1 Å². The maximum atomic E-state index is 12.9. The number of hydrogen-bond acceptors (Lipinski definition) is 5. The van der Waals surface area contributed by atoms with Crippen molar-refractivity contribution in [1.29, 1.82) is 0 Å². The smallest absolute Gasteiger partial charge is 0.416 e. The van der Waals surface area contributed by atoms with Crippen LogP contribution in [0.2, 0.25) is 0 Å². The first-order valence-electron chi connectivity index (χ1n) is 11.8. The zero-order chi connectivity index (χ0) is 25.5. The van der Waals surface area contributed by atoms with Crippen molar-refractivity contribution in [3.8, 4) is 0 Å². The Morgan fingerprint density at radius 2 is 1.64 bits per heavy atom. The van der Waals surface area contributed by atoms with Gasteiger partial charge in [-0.2, -0.15) is 13.2 Å². The molecule has 1 aliphatic rings. The maximum absolute atomic E-state index is 12.9. The summed E-state index contributed by atoms with van der Waals surface area (Å²) < 4.78 is 49.3. The van der Waals surface area contributed by atoms with Gasteiger partial charge in [0.2, 0.25) is 5.91 Å². The van der Waals surface area contributed by atoms with E-state index < -0.39 is 23.6 Å². The van der Waals surface area contributed by atoms with Gasteiger partial charge >= 0.3 is 6.18 Å². The normalized spacial score (nSPS) is 18.2. The SMILES string of the molecule is O=C(CNC(=O)c1cccc(C(F)(F)F)c1)N[C@H]1CCCC[C@@H]1N(Cc1ccoc1)Cc1ccoc1. The minimum Gasteiger partial charge on any atom is -0.472 e. The van der Waals surface area contributed by atoms with Gasteiger partial charge in [-0.05, 0) is 43.2 Å². The molecular formula is C26H28F3N3O4. The summed E-state index contributed by atoms with van der Waals surface area (Å²) in [6.45, 7) is 0.928.